The molecule has 0 saturated heterocycles. The van der Waals surface area contributed by atoms with Gasteiger partial charge in [-0.1, -0.05) is 32.8 Å². The summed E-state index contributed by atoms with van der Waals surface area (Å²) < 4.78 is 26.8. The fourth-order valence-corrected chi connectivity index (χ4v) is 4.84. The number of rotatable bonds is 6. The first-order valence-corrected chi connectivity index (χ1v) is 10.1. The molecule has 0 bridgehead atoms. The topological polar surface area (TPSA) is 57.7 Å². The molecule has 0 aromatic heterocycles. The number of amides is 1. The van der Waals surface area contributed by atoms with Crippen LogP contribution in [0.1, 0.15) is 55.5 Å². The van der Waals surface area contributed by atoms with Crippen molar-refractivity contribution < 1.29 is 13.2 Å². The van der Waals surface area contributed by atoms with Crippen LogP contribution in [0.2, 0.25) is 0 Å². The highest BCUT2D eigenvalue weighted by Gasteiger charge is 2.27. The van der Waals surface area contributed by atoms with Crippen molar-refractivity contribution in [2.75, 3.05) is 20.1 Å². The lowest BCUT2D eigenvalue weighted by Gasteiger charge is -2.25. The van der Waals surface area contributed by atoms with Gasteiger partial charge in [-0.2, -0.15) is 4.31 Å². The van der Waals surface area contributed by atoms with Gasteiger partial charge in [0.05, 0.1) is 4.90 Å². The third-order valence-electron chi connectivity index (χ3n) is 4.98. The van der Waals surface area contributed by atoms with E-state index in [0.29, 0.717) is 18.7 Å². The number of hydrogen-bond acceptors (Lipinski definition) is 3. The number of sulfonamides is 1. The molecule has 0 unspecified atom stereocenters. The van der Waals surface area contributed by atoms with Crippen LogP contribution in [0.15, 0.2) is 23.1 Å². The van der Waals surface area contributed by atoms with Crippen LogP contribution in [-0.2, 0) is 10.0 Å². The van der Waals surface area contributed by atoms with Gasteiger partial charge in [0.25, 0.3) is 5.91 Å². The largest absolute Gasteiger partial charge is 0.339 e. The molecule has 6 heteroatoms. The molecule has 1 aliphatic rings. The maximum Gasteiger partial charge on any atom is 0.254 e. The molecule has 0 aliphatic heterocycles. The van der Waals surface area contributed by atoms with Crippen LogP contribution >= 0.6 is 0 Å². The number of nitrogens with zero attached hydrogens (tertiary/aromatic N) is 2. The molecule has 24 heavy (non-hydrogen) atoms. The fourth-order valence-electron chi connectivity index (χ4n) is 3.35. The van der Waals surface area contributed by atoms with Crippen LogP contribution in [0, 0.1) is 6.92 Å². The van der Waals surface area contributed by atoms with Crippen LogP contribution in [-0.4, -0.2) is 49.7 Å². The summed E-state index contributed by atoms with van der Waals surface area (Å²) in [5, 5.41) is 0. The summed E-state index contributed by atoms with van der Waals surface area (Å²) in [4.78, 5) is 14.8. The Hall–Kier alpha value is -1.40. The maximum atomic E-state index is 12.9. The number of hydrogen-bond donors (Lipinski definition) is 0. The Bertz CT molecular complexity index is 690. The zero-order valence-corrected chi connectivity index (χ0v) is 15.9. The van der Waals surface area contributed by atoms with E-state index in [1.165, 1.54) is 10.4 Å². The van der Waals surface area contributed by atoms with Gasteiger partial charge in [0, 0.05) is 31.7 Å². The lowest BCUT2D eigenvalue weighted by Crippen LogP contribution is -2.36. The predicted octanol–water partition coefficient (Wildman–Crippen LogP) is 3.04. The van der Waals surface area contributed by atoms with Gasteiger partial charge < -0.3 is 4.90 Å². The zero-order chi connectivity index (χ0) is 17.9. The minimum Gasteiger partial charge on any atom is -0.339 e. The van der Waals surface area contributed by atoms with Crippen molar-refractivity contribution in [2.45, 2.75) is 57.4 Å². The molecule has 1 aromatic carbocycles. The van der Waals surface area contributed by atoms with E-state index in [1.807, 2.05) is 27.8 Å². The van der Waals surface area contributed by atoms with Gasteiger partial charge in [-0.15, -0.1) is 0 Å². The van der Waals surface area contributed by atoms with Crippen molar-refractivity contribution >= 4 is 15.9 Å². The molecule has 2 rings (SSSR count). The minimum absolute atomic E-state index is 0.0870. The average molecular weight is 353 g/mol. The van der Waals surface area contributed by atoms with Crippen LogP contribution in [0.4, 0.5) is 0 Å². The molecule has 1 amide bonds. The lowest BCUT2D eigenvalue weighted by molar-refractivity contribution is 0.0734. The molecule has 5 nitrogen and oxygen atoms in total. The smallest absolute Gasteiger partial charge is 0.254 e. The van der Waals surface area contributed by atoms with Crippen molar-refractivity contribution in [1.29, 1.82) is 0 Å². The number of carbonyl (C=O) groups is 1. The second-order valence-electron chi connectivity index (χ2n) is 6.42. The summed E-state index contributed by atoms with van der Waals surface area (Å²) in [6.07, 6.45) is 4.35. The Kier molecular flexibility index (Phi) is 6.04. The summed E-state index contributed by atoms with van der Waals surface area (Å²) in [7, 11) is -1.73. The van der Waals surface area contributed by atoms with Gasteiger partial charge in [0.15, 0.2) is 0 Å². The Morgan fingerprint density at radius 2 is 1.75 bits per heavy atom. The predicted molar refractivity (Wildman–Crippen MR) is 95.6 cm³/mol. The normalized spacial score (nSPS) is 15.9. The van der Waals surface area contributed by atoms with Crippen molar-refractivity contribution in [3.05, 3.63) is 29.3 Å². The second-order valence-corrected chi connectivity index (χ2v) is 8.36. The summed E-state index contributed by atoms with van der Waals surface area (Å²) in [6, 6.07) is 5.12. The summed E-state index contributed by atoms with van der Waals surface area (Å²) in [6.45, 7) is 6.31. The summed E-state index contributed by atoms with van der Waals surface area (Å²) in [5.41, 5.74) is 1.29. The molecule has 1 fully saturated rings. The zero-order valence-electron chi connectivity index (χ0n) is 15.1. The SMILES string of the molecule is CCN(CC)S(=O)(=O)c1ccc(C)c(C(=O)N(C)C2CCCC2)c1. The Morgan fingerprint density at radius 1 is 1.17 bits per heavy atom. The molecule has 0 heterocycles. The molecule has 1 aromatic rings. The maximum absolute atomic E-state index is 12.9. The van der Waals surface area contributed by atoms with Gasteiger partial charge in [-0.05, 0) is 37.5 Å². The highest BCUT2D eigenvalue weighted by molar-refractivity contribution is 7.89. The van der Waals surface area contributed by atoms with Crippen LogP contribution < -0.4 is 0 Å². The summed E-state index contributed by atoms with van der Waals surface area (Å²) >= 11 is 0. The number of benzene rings is 1. The van der Waals surface area contributed by atoms with E-state index in [4.69, 9.17) is 0 Å². The Labute approximate surface area is 145 Å². The molecular weight excluding hydrogens is 324 g/mol. The molecular formula is C18H28N2O3S. The van der Waals surface area contributed by atoms with E-state index in [9.17, 15) is 13.2 Å². The standard InChI is InChI=1S/C18H28N2O3S/c1-5-20(6-2)24(22,23)16-12-11-14(3)17(13-16)18(21)19(4)15-9-7-8-10-15/h11-13,15H,5-10H2,1-4H3. The summed E-state index contributed by atoms with van der Waals surface area (Å²) in [5.74, 6) is -0.0870. The van der Waals surface area contributed by atoms with E-state index < -0.39 is 10.0 Å². The van der Waals surface area contributed by atoms with E-state index in [2.05, 4.69) is 0 Å². The number of carbonyl (C=O) groups excluding carboxylic acids is 1. The monoisotopic (exact) mass is 352 g/mol. The van der Waals surface area contributed by atoms with E-state index in [1.54, 1.807) is 17.0 Å². The Morgan fingerprint density at radius 3 is 2.29 bits per heavy atom. The highest BCUT2D eigenvalue weighted by Crippen LogP contribution is 2.26. The van der Waals surface area contributed by atoms with E-state index in [0.717, 1.165) is 31.2 Å². The highest BCUT2D eigenvalue weighted by atomic mass is 32.2. The molecule has 0 atom stereocenters. The first-order valence-electron chi connectivity index (χ1n) is 8.70. The van der Waals surface area contributed by atoms with Gasteiger partial charge in [-0.25, -0.2) is 8.42 Å². The minimum atomic E-state index is -3.56. The molecule has 0 spiro atoms. The Balaban J connectivity index is 2.36. The second kappa shape index (κ2) is 7.66. The molecule has 0 N–H and O–H groups in total. The first kappa shape index (κ1) is 18.9. The van der Waals surface area contributed by atoms with Crippen molar-refractivity contribution in [2.24, 2.45) is 0 Å². The van der Waals surface area contributed by atoms with Crippen LogP contribution in [0.5, 0.6) is 0 Å². The van der Waals surface area contributed by atoms with Gasteiger partial charge in [-0.3, -0.25) is 4.79 Å². The quantitative estimate of drug-likeness (QED) is 0.791. The van der Waals surface area contributed by atoms with E-state index in [-0.39, 0.29) is 16.8 Å². The molecule has 1 saturated carbocycles. The van der Waals surface area contributed by atoms with Crippen LogP contribution in [0.25, 0.3) is 0 Å². The average Bonchev–Trinajstić information content (AvgIpc) is 3.09. The van der Waals surface area contributed by atoms with Gasteiger partial charge in [0.2, 0.25) is 10.0 Å². The van der Waals surface area contributed by atoms with Crippen molar-refractivity contribution in [3.63, 3.8) is 0 Å². The van der Waals surface area contributed by atoms with Gasteiger partial charge >= 0.3 is 0 Å². The van der Waals surface area contributed by atoms with Crippen molar-refractivity contribution in [3.8, 4) is 0 Å². The van der Waals surface area contributed by atoms with Crippen molar-refractivity contribution in [1.82, 2.24) is 9.21 Å². The lowest BCUT2D eigenvalue weighted by atomic mass is 10.1. The fraction of sp³-hybridized carbons (Fsp3) is 0.611. The molecule has 0 radical (unpaired) electrons. The van der Waals surface area contributed by atoms with Crippen LogP contribution in [0.3, 0.4) is 0 Å². The molecule has 134 valence electrons. The first-order chi connectivity index (χ1) is 11.3. The van der Waals surface area contributed by atoms with Gasteiger partial charge in [0.1, 0.15) is 0 Å². The third-order valence-corrected chi connectivity index (χ3v) is 7.02. The van der Waals surface area contributed by atoms with E-state index >= 15 is 0 Å². The molecule has 1 aliphatic carbocycles. The number of aryl methyl sites for hydroxylation is 1. The third kappa shape index (κ3) is 3.64.